The quantitative estimate of drug-likeness (QED) is 0.895. The summed E-state index contributed by atoms with van der Waals surface area (Å²) in [5.74, 6) is 1.64. The highest BCUT2D eigenvalue weighted by Gasteiger charge is 2.28. The number of anilines is 1. The number of hydrogen-bond donors (Lipinski definition) is 1. The maximum atomic E-state index is 12.4. The van der Waals surface area contributed by atoms with Crippen molar-refractivity contribution in [2.45, 2.75) is 12.5 Å². The minimum atomic E-state index is -0.183. The van der Waals surface area contributed by atoms with Gasteiger partial charge in [-0.3, -0.25) is 4.98 Å². The van der Waals surface area contributed by atoms with Gasteiger partial charge in [0.05, 0.1) is 27.0 Å². The van der Waals surface area contributed by atoms with Gasteiger partial charge in [-0.05, 0) is 12.1 Å². The molecule has 8 heteroatoms. The van der Waals surface area contributed by atoms with E-state index in [2.05, 4.69) is 15.3 Å². The van der Waals surface area contributed by atoms with E-state index in [-0.39, 0.29) is 12.1 Å². The highest BCUT2D eigenvalue weighted by atomic mass is 16.5. The molecule has 2 amide bonds. The summed E-state index contributed by atoms with van der Waals surface area (Å²) in [7, 11) is 3.12. The molecule has 1 aliphatic rings. The van der Waals surface area contributed by atoms with Crippen molar-refractivity contribution in [3.8, 4) is 17.4 Å². The maximum absolute atomic E-state index is 12.4. The smallest absolute Gasteiger partial charge is 0.321 e. The Labute approximate surface area is 145 Å². The van der Waals surface area contributed by atoms with Gasteiger partial charge in [0.25, 0.3) is 0 Å². The predicted octanol–water partition coefficient (Wildman–Crippen LogP) is 2.18. The number of carbonyl (C=O) groups excluding carboxylic acids is 1. The number of likely N-dealkylation sites (tertiary alicyclic amines) is 1. The van der Waals surface area contributed by atoms with Crippen LogP contribution in [0.3, 0.4) is 0 Å². The molecule has 2 aromatic rings. The van der Waals surface area contributed by atoms with Gasteiger partial charge in [0.1, 0.15) is 6.10 Å². The van der Waals surface area contributed by atoms with Gasteiger partial charge < -0.3 is 24.4 Å². The monoisotopic (exact) mass is 344 g/mol. The topological polar surface area (TPSA) is 85.8 Å². The van der Waals surface area contributed by atoms with E-state index in [1.807, 2.05) is 0 Å². The minimum absolute atomic E-state index is 0.0900. The standard InChI is InChI=1S/C17H20N4O4/c1-23-14-4-3-12(9-15(14)24-2)20-17(22)21-8-5-13(11-21)25-16-10-18-6-7-19-16/h3-4,6-7,9-10,13H,5,8,11H2,1-2H3,(H,20,22). The molecule has 0 bridgehead atoms. The fraction of sp³-hybridized carbons (Fsp3) is 0.353. The summed E-state index contributed by atoms with van der Waals surface area (Å²) in [5.41, 5.74) is 0.640. The van der Waals surface area contributed by atoms with E-state index in [1.54, 1.807) is 55.9 Å². The van der Waals surface area contributed by atoms with E-state index in [1.165, 1.54) is 0 Å². The summed E-state index contributed by atoms with van der Waals surface area (Å²) < 4.78 is 16.2. The van der Waals surface area contributed by atoms with Gasteiger partial charge in [-0.1, -0.05) is 0 Å². The zero-order valence-electron chi connectivity index (χ0n) is 14.1. The number of methoxy groups -OCH3 is 2. The van der Waals surface area contributed by atoms with E-state index >= 15 is 0 Å². The zero-order chi connectivity index (χ0) is 17.6. The van der Waals surface area contributed by atoms with Gasteiger partial charge in [-0.2, -0.15) is 0 Å². The molecule has 1 unspecified atom stereocenters. The summed E-state index contributed by atoms with van der Waals surface area (Å²) in [4.78, 5) is 22.2. The molecule has 0 saturated carbocycles. The molecule has 1 aliphatic heterocycles. The van der Waals surface area contributed by atoms with Crippen molar-refractivity contribution in [1.82, 2.24) is 14.9 Å². The molecule has 1 fully saturated rings. The van der Waals surface area contributed by atoms with Crippen LogP contribution in [0.4, 0.5) is 10.5 Å². The van der Waals surface area contributed by atoms with Gasteiger partial charge >= 0.3 is 6.03 Å². The molecular formula is C17H20N4O4. The summed E-state index contributed by atoms with van der Waals surface area (Å²) in [6.45, 7) is 1.11. The van der Waals surface area contributed by atoms with Crippen molar-refractivity contribution in [3.05, 3.63) is 36.8 Å². The second kappa shape index (κ2) is 7.69. The van der Waals surface area contributed by atoms with E-state index in [0.717, 1.165) is 6.42 Å². The van der Waals surface area contributed by atoms with Crippen LogP contribution in [0.2, 0.25) is 0 Å². The van der Waals surface area contributed by atoms with Crippen LogP contribution in [0, 0.1) is 0 Å². The third-order valence-electron chi connectivity index (χ3n) is 3.89. The molecule has 1 saturated heterocycles. The van der Waals surface area contributed by atoms with E-state index < -0.39 is 0 Å². The number of nitrogens with zero attached hydrogens (tertiary/aromatic N) is 3. The van der Waals surface area contributed by atoms with Gasteiger partial charge in [0, 0.05) is 37.1 Å². The fourth-order valence-corrected chi connectivity index (χ4v) is 2.64. The summed E-state index contributed by atoms with van der Waals surface area (Å²) in [5, 5.41) is 2.86. The Kier molecular flexibility index (Phi) is 5.17. The first-order chi connectivity index (χ1) is 12.2. The van der Waals surface area contributed by atoms with Crippen LogP contribution >= 0.6 is 0 Å². The summed E-state index contributed by atoms with van der Waals surface area (Å²) in [6.07, 6.45) is 5.38. The first-order valence-electron chi connectivity index (χ1n) is 7.90. The average molecular weight is 344 g/mol. The van der Waals surface area contributed by atoms with Crippen LogP contribution in [-0.2, 0) is 0 Å². The number of amides is 2. The lowest BCUT2D eigenvalue weighted by atomic mass is 10.3. The molecule has 1 aromatic carbocycles. The SMILES string of the molecule is COc1ccc(NC(=O)N2CCC(Oc3cnccn3)C2)cc1OC. The first kappa shape index (κ1) is 16.8. The van der Waals surface area contributed by atoms with Crippen molar-refractivity contribution in [2.24, 2.45) is 0 Å². The molecule has 1 atom stereocenters. The van der Waals surface area contributed by atoms with Gasteiger partial charge in [0.15, 0.2) is 11.5 Å². The van der Waals surface area contributed by atoms with Crippen molar-refractivity contribution < 1.29 is 19.0 Å². The van der Waals surface area contributed by atoms with Crippen LogP contribution in [0.25, 0.3) is 0 Å². The van der Waals surface area contributed by atoms with Crippen LogP contribution in [0.1, 0.15) is 6.42 Å². The van der Waals surface area contributed by atoms with Crippen LogP contribution < -0.4 is 19.5 Å². The number of aromatic nitrogens is 2. The molecule has 3 rings (SSSR count). The molecular weight excluding hydrogens is 324 g/mol. The van der Waals surface area contributed by atoms with Crippen LogP contribution in [-0.4, -0.2) is 54.3 Å². The highest BCUT2D eigenvalue weighted by Crippen LogP contribution is 2.30. The van der Waals surface area contributed by atoms with E-state index in [9.17, 15) is 4.79 Å². The lowest BCUT2D eigenvalue weighted by Crippen LogP contribution is -2.34. The number of urea groups is 1. The Morgan fingerprint density at radius 3 is 2.80 bits per heavy atom. The third-order valence-corrected chi connectivity index (χ3v) is 3.89. The maximum Gasteiger partial charge on any atom is 0.321 e. The third kappa shape index (κ3) is 4.09. The lowest BCUT2D eigenvalue weighted by Gasteiger charge is -2.18. The Hall–Kier alpha value is -3.03. The molecule has 0 aliphatic carbocycles. The van der Waals surface area contributed by atoms with Crippen LogP contribution in [0.5, 0.6) is 17.4 Å². The van der Waals surface area contributed by atoms with Crippen molar-refractivity contribution in [3.63, 3.8) is 0 Å². The number of nitrogens with one attached hydrogen (secondary N) is 1. The highest BCUT2D eigenvalue weighted by molar-refractivity contribution is 5.90. The van der Waals surface area contributed by atoms with Gasteiger partial charge in [-0.25, -0.2) is 9.78 Å². The van der Waals surface area contributed by atoms with Gasteiger partial charge in [-0.15, -0.1) is 0 Å². The largest absolute Gasteiger partial charge is 0.493 e. The zero-order valence-corrected chi connectivity index (χ0v) is 14.1. The molecule has 8 nitrogen and oxygen atoms in total. The van der Waals surface area contributed by atoms with Crippen molar-refractivity contribution >= 4 is 11.7 Å². The van der Waals surface area contributed by atoms with E-state index in [4.69, 9.17) is 14.2 Å². The Morgan fingerprint density at radius 1 is 1.24 bits per heavy atom. The molecule has 0 radical (unpaired) electrons. The Bertz CT molecular complexity index is 726. The number of carbonyl (C=O) groups is 1. The molecule has 25 heavy (non-hydrogen) atoms. The second-order valence-corrected chi connectivity index (χ2v) is 5.52. The Morgan fingerprint density at radius 2 is 2.08 bits per heavy atom. The summed E-state index contributed by atoms with van der Waals surface area (Å²) >= 11 is 0. The Balaban J connectivity index is 1.57. The fourth-order valence-electron chi connectivity index (χ4n) is 2.64. The summed E-state index contributed by atoms with van der Waals surface area (Å²) in [6, 6.07) is 5.05. The van der Waals surface area contributed by atoms with Crippen molar-refractivity contribution in [2.75, 3.05) is 32.6 Å². The second-order valence-electron chi connectivity index (χ2n) is 5.52. The molecule has 2 heterocycles. The van der Waals surface area contributed by atoms with Crippen molar-refractivity contribution in [1.29, 1.82) is 0 Å². The van der Waals surface area contributed by atoms with Gasteiger partial charge in [0.2, 0.25) is 5.88 Å². The number of hydrogen-bond acceptors (Lipinski definition) is 6. The molecule has 132 valence electrons. The van der Waals surface area contributed by atoms with Crippen LogP contribution in [0.15, 0.2) is 36.8 Å². The number of benzene rings is 1. The predicted molar refractivity (Wildman–Crippen MR) is 91.2 cm³/mol. The first-order valence-corrected chi connectivity index (χ1v) is 7.90. The normalized spacial score (nSPS) is 16.4. The molecule has 1 N–H and O–H groups in total. The number of rotatable bonds is 5. The molecule has 0 spiro atoms. The minimum Gasteiger partial charge on any atom is -0.493 e. The lowest BCUT2D eigenvalue weighted by molar-refractivity contribution is 0.189. The van der Waals surface area contributed by atoms with E-state index in [0.29, 0.717) is 36.2 Å². The average Bonchev–Trinajstić information content (AvgIpc) is 3.11. The number of ether oxygens (including phenoxy) is 3. The molecule has 1 aromatic heterocycles.